The number of carbonyl (C=O) groups is 1. The Bertz CT molecular complexity index is 1230. The summed E-state index contributed by atoms with van der Waals surface area (Å²) in [6, 6.07) is 23.6. The van der Waals surface area contributed by atoms with Crippen molar-refractivity contribution >= 4 is 33.1 Å². The summed E-state index contributed by atoms with van der Waals surface area (Å²) in [7, 11) is 0. The lowest BCUT2D eigenvalue weighted by Crippen LogP contribution is -2.31. The first-order valence-corrected chi connectivity index (χ1v) is 11.6. The van der Waals surface area contributed by atoms with Gasteiger partial charge in [0.1, 0.15) is 11.5 Å². The van der Waals surface area contributed by atoms with E-state index in [1.807, 2.05) is 66.7 Å². The van der Waals surface area contributed by atoms with Gasteiger partial charge >= 0.3 is 0 Å². The number of hydrogen-bond donors (Lipinski definition) is 2. The van der Waals surface area contributed by atoms with Crippen LogP contribution in [-0.4, -0.2) is 5.78 Å². The van der Waals surface area contributed by atoms with Crippen LogP contribution in [0, 0.1) is 5.41 Å². The van der Waals surface area contributed by atoms with Crippen molar-refractivity contribution in [3.8, 4) is 11.5 Å². The summed E-state index contributed by atoms with van der Waals surface area (Å²) >= 11 is 3.54. The van der Waals surface area contributed by atoms with Crippen LogP contribution >= 0.6 is 15.9 Å². The average Bonchev–Trinajstić information content (AvgIpc) is 2.91. The zero-order valence-electron chi connectivity index (χ0n) is 18.1. The highest BCUT2D eigenvalue weighted by molar-refractivity contribution is 9.10. The van der Waals surface area contributed by atoms with Crippen LogP contribution in [0.5, 0.6) is 11.5 Å². The van der Waals surface area contributed by atoms with Crippen LogP contribution in [0.1, 0.15) is 38.3 Å². The zero-order valence-corrected chi connectivity index (χ0v) is 19.7. The molecule has 0 aromatic heterocycles. The topological polar surface area (TPSA) is 50.4 Å². The average molecular weight is 489 g/mol. The molecule has 0 bridgehead atoms. The zero-order chi connectivity index (χ0) is 22.3. The van der Waals surface area contributed by atoms with Crippen LogP contribution < -0.4 is 15.4 Å². The van der Waals surface area contributed by atoms with E-state index in [4.69, 9.17) is 4.74 Å². The van der Waals surface area contributed by atoms with Gasteiger partial charge in [-0.25, -0.2) is 0 Å². The van der Waals surface area contributed by atoms with E-state index in [1.165, 1.54) is 0 Å². The maximum Gasteiger partial charge on any atom is 0.163 e. The second-order valence-corrected chi connectivity index (χ2v) is 10.0. The smallest absolute Gasteiger partial charge is 0.163 e. The molecule has 1 atom stereocenters. The number of halogens is 1. The fourth-order valence-corrected chi connectivity index (χ4v) is 4.92. The number of carbonyl (C=O) groups excluding carboxylic acids is 1. The molecule has 0 fully saturated rings. The van der Waals surface area contributed by atoms with E-state index in [9.17, 15) is 4.79 Å². The Labute approximate surface area is 196 Å². The molecule has 0 amide bonds. The second-order valence-electron chi connectivity index (χ2n) is 9.19. The summed E-state index contributed by atoms with van der Waals surface area (Å²) in [5, 5.41) is 7.20. The van der Waals surface area contributed by atoms with E-state index in [0.29, 0.717) is 6.42 Å². The Kier molecular flexibility index (Phi) is 5.30. The van der Waals surface area contributed by atoms with E-state index in [0.717, 1.165) is 50.6 Å². The molecular weight excluding hydrogens is 464 g/mol. The molecule has 1 aliphatic carbocycles. The van der Waals surface area contributed by atoms with Crippen molar-refractivity contribution in [3.05, 3.63) is 94.1 Å². The van der Waals surface area contributed by atoms with Crippen LogP contribution in [0.25, 0.3) is 0 Å². The molecule has 0 saturated heterocycles. The fourth-order valence-electron chi connectivity index (χ4n) is 4.55. The van der Waals surface area contributed by atoms with Gasteiger partial charge in [-0.05, 0) is 69.7 Å². The number of rotatable bonds is 3. The molecule has 4 nitrogen and oxygen atoms in total. The normalized spacial score (nSPS) is 19.2. The maximum absolute atomic E-state index is 13.4. The molecule has 2 aliphatic rings. The molecule has 32 heavy (non-hydrogen) atoms. The fraction of sp³-hybridized carbons (Fsp3) is 0.222. The Balaban J connectivity index is 1.58. The van der Waals surface area contributed by atoms with E-state index < -0.39 is 0 Å². The van der Waals surface area contributed by atoms with Crippen molar-refractivity contribution < 1.29 is 9.53 Å². The van der Waals surface area contributed by atoms with Gasteiger partial charge in [0, 0.05) is 17.7 Å². The first-order chi connectivity index (χ1) is 15.4. The number of Topliss-reactive ketones (excluding diaryl/α,β-unsaturated/α-hetero) is 1. The van der Waals surface area contributed by atoms with E-state index in [2.05, 4.69) is 46.5 Å². The minimum Gasteiger partial charge on any atom is -0.456 e. The largest absolute Gasteiger partial charge is 0.456 e. The Morgan fingerprint density at radius 3 is 2.50 bits per heavy atom. The highest BCUT2D eigenvalue weighted by Crippen LogP contribution is 2.45. The quantitative estimate of drug-likeness (QED) is 0.401. The number of nitrogens with one attached hydrogen (secondary N) is 2. The first kappa shape index (κ1) is 20.8. The second kappa shape index (κ2) is 8.14. The van der Waals surface area contributed by atoms with Gasteiger partial charge in [0.2, 0.25) is 0 Å². The van der Waals surface area contributed by atoms with Gasteiger partial charge < -0.3 is 15.4 Å². The van der Waals surface area contributed by atoms with E-state index in [-0.39, 0.29) is 17.2 Å². The number of ether oxygens (including phenoxy) is 1. The highest BCUT2D eigenvalue weighted by atomic mass is 79.9. The molecular formula is C27H25BrN2O2. The van der Waals surface area contributed by atoms with Gasteiger partial charge in [0.15, 0.2) is 5.78 Å². The summed E-state index contributed by atoms with van der Waals surface area (Å²) in [6.07, 6.45) is 1.36. The molecule has 1 heterocycles. The molecule has 3 aromatic rings. The number of anilines is 2. The summed E-state index contributed by atoms with van der Waals surface area (Å²) in [4.78, 5) is 13.4. The molecule has 162 valence electrons. The number of ketones is 1. The summed E-state index contributed by atoms with van der Waals surface area (Å²) in [5.41, 5.74) is 4.72. The van der Waals surface area contributed by atoms with Gasteiger partial charge in [-0.2, -0.15) is 0 Å². The molecule has 0 spiro atoms. The molecule has 5 rings (SSSR count). The third-order valence-electron chi connectivity index (χ3n) is 5.98. The van der Waals surface area contributed by atoms with Gasteiger partial charge in [-0.1, -0.05) is 50.2 Å². The van der Waals surface area contributed by atoms with Crippen molar-refractivity contribution in [1.29, 1.82) is 0 Å². The Morgan fingerprint density at radius 2 is 1.69 bits per heavy atom. The lowest BCUT2D eigenvalue weighted by molar-refractivity contribution is -0.118. The van der Waals surface area contributed by atoms with Crippen LogP contribution in [0.3, 0.4) is 0 Å². The lowest BCUT2D eigenvalue weighted by Gasteiger charge is -2.34. The molecule has 3 aromatic carbocycles. The molecule has 1 unspecified atom stereocenters. The third-order valence-corrected chi connectivity index (χ3v) is 6.63. The maximum atomic E-state index is 13.4. The van der Waals surface area contributed by atoms with Gasteiger partial charge in [0.25, 0.3) is 0 Å². The van der Waals surface area contributed by atoms with Gasteiger partial charge in [0.05, 0.1) is 21.9 Å². The van der Waals surface area contributed by atoms with Crippen molar-refractivity contribution in [2.45, 2.75) is 32.7 Å². The summed E-state index contributed by atoms with van der Waals surface area (Å²) < 4.78 is 7.04. The summed E-state index contributed by atoms with van der Waals surface area (Å²) in [5.74, 6) is 1.67. The lowest BCUT2D eigenvalue weighted by atomic mass is 9.73. The highest BCUT2D eigenvalue weighted by Gasteiger charge is 2.38. The standard InChI is InChI=1S/C27H25BrN2O2/c1-27(2)15-22-25(23(31)16-27)26(30-21-12-5-4-11-20(21)29-22)17-8-7-9-18(14-17)32-24-13-6-3-10-19(24)28/h3-14,26,29-30H,15-16H2,1-2H3. The third kappa shape index (κ3) is 4.05. The van der Waals surface area contributed by atoms with Gasteiger partial charge in [-0.3, -0.25) is 4.79 Å². The van der Waals surface area contributed by atoms with Crippen LogP contribution in [0.2, 0.25) is 0 Å². The van der Waals surface area contributed by atoms with Crippen LogP contribution in [0.15, 0.2) is 88.5 Å². The Morgan fingerprint density at radius 1 is 0.938 bits per heavy atom. The molecule has 5 heteroatoms. The minimum atomic E-state index is -0.257. The van der Waals surface area contributed by atoms with Gasteiger partial charge in [-0.15, -0.1) is 0 Å². The van der Waals surface area contributed by atoms with Crippen LogP contribution in [-0.2, 0) is 4.79 Å². The predicted octanol–water partition coefficient (Wildman–Crippen LogP) is 7.46. The molecule has 0 saturated carbocycles. The predicted molar refractivity (Wildman–Crippen MR) is 132 cm³/mol. The van der Waals surface area contributed by atoms with E-state index >= 15 is 0 Å². The number of para-hydroxylation sites is 3. The van der Waals surface area contributed by atoms with Crippen molar-refractivity contribution in [3.63, 3.8) is 0 Å². The first-order valence-electron chi connectivity index (χ1n) is 10.8. The number of benzene rings is 3. The monoisotopic (exact) mass is 488 g/mol. The molecule has 1 aliphatic heterocycles. The SMILES string of the molecule is CC1(C)CC(=O)C2=C(C1)Nc1ccccc1NC2c1cccc(Oc2ccccc2Br)c1. The van der Waals surface area contributed by atoms with Crippen molar-refractivity contribution in [2.24, 2.45) is 5.41 Å². The number of hydrogen-bond acceptors (Lipinski definition) is 4. The molecule has 0 radical (unpaired) electrons. The summed E-state index contributed by atoms with van der Waals surface area (Å²) in [6.45, 7) is 4.31. The Hall–Kier alpha value is -3.05. The van der Waals surface area contributed by atoms with Crippen molar-refractivity contribution in [1.82, 2.24) is 0 Å². The van der Waals surface area contributed by atoms with E-state index in [1.54, 1.807) is 0 Å². The number of fused-ring (bicyclic) bond motifs is 1. The number of allylic oxidation sites excluding steroid dienone is 1. The van der Waals surface area contributed by atoms with Crippen LogP contribution in [0.4, 0.5) is 11.4 Å². The minimum absolute atomic E-state index is 0.0721. The molecule has 2 N–H and O–H groups in total. The van der Waals surface area contributed by atoms with Crippen molar-refractivity contribution in [2.75, 3.05) is 10.6 Å².